The highest BCUT2D eigenvalue weighted by Gasteiger charge is 2.06. The van der Waals surface area contributed by atoms with Crippen LogP contribution in [0.5, 0.6) is 5.75 Å². The molecule has 0 unspecified atom stereocenters. The molecule has 0 amide bonds. The summed E-state index contributed by atoms with van der Waals surface area (Å²) >= 11 is 0. The fourth-order valence-corrected chi connectivity index (χ4v) is 2.03. The fourth-order valence-electron chi connectivity index (χ4n) is 2.03. The first-order valence-electron chi connectivity index (χ1n) is 6.41. The minimum atomic E-state index is 0.429. The van der Waals surface area contributed by atoms with Crippen molar-refractivity contribution in [3.8, 4) is 17.6 Å². The molecular weight excluding hydrogens is 232 g/mol. The third kappa shape index (κ3) is 3.17. The van der Waals surface area contributed by atoms with E-state index in [1.807, 2.05) is 13.0 Å². The average molecular weight is 250 g/mol. The quantitative estimate of drug-likeness (QED) is 0.719. The highest BCUT2D eigenvalue weighted by Crippen LogP contribution is 2.30. The maximum Gasteiger partial charge on any atom is 0.149 e. The van der Waals surface area contributed by atoms with E-state index in [0.29, 0.717) is 6.61 Å². The molecule has 0 fully saturated rings. The Morgan fingerprint density at radius 1 is 1.16 bits per heavy atom. The van der Waals surface area contributed by atoms with Gasteiger partial charge in [0.1, 0.15) is 12.4 Å². The molecule has 0 bridgehead atoms. The molecule has 0 aromatic heterocycles. The Bertz CT molecular complexity index is 665. The lowest BCUT2D eigenvalue weighted by atomic mass is 10.0. The summed E-state index contributed by atoms with van der Waals surface area (Å²) in [6.07, 6.45) is 2.16. The molecule has 0 heterocycles. The van der Waals surface area contributed by atoms with E-state index < -0.39 is 0 Å². The van der Waals surface area contributed by atoms with E-state index in [4.69, 9.17) is 4.74 Å². The van der Waals surface area contributed by atoms with Gasteiger partial charge in [0, 0.05) is 5.56 Å². The summed E-state index contributed by atoms with van der Waals surface area (Å²) in [5, 5.41) is 2.44. The van der Waals surface area contributed by atoms with E-state index >= 15 is 0 Å². The average Bonchev–Trinajstić information content (AvgIpc) is 2.41. The zero-order valence-electron chi connectivity index (χ0n) is 11.7. The number of ether oxygens (including phenoxy) is 1. The van der Waals surface area contributed by atoms with Crippen molar-refractivity contribution in [3.63, 3.8) is 0 Å². The van der Waals surface area contributed by atoms with Crippen LogP contribution in [0.25, 0.3) is 16.8 Å². The van der Waals surface area contributed by atoms with Gasteiger partial charge in [0.05, 0.1) is 0 Å². The minimum Gasteiger partial charge on any atom is -0.480 e. The number of hydrogen-bond donors (Lipinski definition) is 0. The van der Waals surface area contributed by atoms with Crippen molar-refractivity contribution < 1.29 is 4.74 Å². The SMILES string of the molecule is CC#CCOc1ccc2ccccc2c1C=C(C)C. The Morgan fingerprint density at radius 3 is 2.68 bits per heavy atom. The predicted octanol–water partition coefficient (Wildman–Crippen LogP) is 4.67. The Balaban J connectivity index is 2.55. The zero-order valence-corrected chi connectivity index (χ0v) is 11.7. The van der Waals surface area contributed by atoms with Crippen molar-refractivity contribution in [1.82, 2.24) is 0 Å². The first-order chi connectivity index (χ1) is 9.22. The van der Waals surface area contributed by atoms with Gasteiger partial charge in [-0.1, -0.05) is 47.9 Å². The molecule has 0 aliphatic rings. The Labute approximate surface area is 114 Å². The molecule has 19 heavy (non-hydrogen) atoms. The molecule has 0 saturated heterocycles. The van der Waals surface area contributed by atoms with Crippen LogP contribution in [0.3, 0.4) is 0 Å². The minimum absolute atomic E-state index is 0.429. The number of allylic oxidation sites excluding steroid dienone is 1. The van der Waals surface area contributed by atoms with E-state index in [9.17, 15) is 0 Å². The third-order valence-electron chi connectivity index (χ3n) is 2.84. The van der Waals surface area contributed by atoms with Gasteiger partial charge >= 0.3 is 0 Å². The molecule has 2 aromatic rings. The molecule has 0 saturated carbocycles. The van der Waals surface area contributed by atoms with Crippen molar-refractivity contribution in [2.45, 2.75) is 20.8 Å². The van der Waals surface area contributed by atoms with Crippen LogP contribution < -0.4 is 4.74 Å². The van der Waals surface area contributed by atoms with Crippen LogP contribution in [-0.2, 0) is 0 Å². The van der Waals surface area contributed by atoms with Crippen LogP contribution in [-0.4, -0.2) is 6.61 Å². The van der Waals surface area contributed by atoms with Crippen LogP contribution in [0.2, 0.25) is 0 Å². The highest BCUT2D eigenvalue weighted by molar-refractivity contribution is 5.93. The maximum atomic E-state index is 5.77. The van der Waals surface area contributed by atoms with Crippen LogP contribution in [0.4, 0.5) is 0 Å². The highest BCUT2D eigenvalue weighted by atomic mass is 16.5. The van der Waals surface area contributed by atoms with Crippen molar-refractivity contribution in [2.75, 3.05) is 6.61 Å². The Hall–Kier alpha value is -2.20. The van der Waals surface area contributed by atoms with Gasteiger partial charge in [0.2, 0.25) is 0 Å². The van der Waals surface area contributed by atoms with Crippen molar-refractivity contribution in [1.29, 1.82) is 0 Å². The van der Waals surface area contributed by atoms with Crippen LogP contribution in [0.1, 0.15) is 26.3 Å². The Kier molecular flexibility index (Phi) is 4.26. The van der Waals surface area contributed by atoms with Gasteiger partial charge in [-0.25, -0.2) is 0 Å². The van der Waals surface area contributed by atoms with E-state index in [-0.39, 0.29) is 0 Å². The lowest BCUT2D eigenvalue weighted by molar-refractivity contribution is 0.370. The number of hydrogen-bond acceptors (Lipinski definition) is 1. The molecule has 0 radical (unpaired) electrons. The van der Waals surface area contributed by atoms with E-state index in [1.165, 1.54) is 16.3 Å². The molecule has 1 nitrogen and oxygen atoms in total. The zero-order chi connectivity index (χ0) is 13.7. The van der Waals surface area contributed by atoms with Gasteiger partial charge in [-0.2, -0.15) is 0 Å². The van der Waals surface area contributed by atoms with Crippen molar-refractivity contribution in [3.05, 3.63) is 47.5 Å². The molecule has 0 N–H and O–H groups in total. The molecule has 0 atom stereocenters. The summed E-state index contributed by atoms with van der Waals surface area (Å²) in [7, 11) is 0. The van der Waals surface area contributed by atoms with E-state index in [0.717, 1.165) is 11.3 Å². The van der Waals surface area contributed by atoms with Crippen LogP contribution in [0.15, 0.2) is 42.0 Å². The molecule has 96 valence electrons. The van der Waals surface area contributed by atoms with Gasteiger partial charge in [-0.15, -0.1) is 5.92 Å². The van der Waals surface area contributed by atoms with Gasteiger partial charge in [0.25, 0.3) is 0 Å². The molecule has 2 rings (SSSR count). The maximum absolute atomic E-state index is 5.77. The fraction of sp³-hybridized carbons (Fsp3) is 0.222. The monoisotopic (exact) mass is 250 g/mol. The lowest BCUT2D eigenvalue weighted by Gasteiger charge is -2.10. The Morgan fingerprint density at radius 2 is 1.95 bits per heavy atom. The molecule has 2 aromatic carbocycles. The second-order valence-electron chi connectivity index (χ2n) is 4.64. The molecule has 0 aliphatic carbocycles. The molecular formula is C18H18O. The van der Waals surface area contributed by atoms with Crippen molar-refractivity contribution in [2.24, 2.45) is 0 Å². The summed E-state index contributed by atoms with van der Waals surface area (Å²) in [4.78, 5) is 0. The second-order valence-corrected chi connectivity index (χ2v) is 4.64. The van der Waals surface area contributed by atoms with Gasteiger partial charge in [0.15, 0.2) is 0 Å². The summed E-state index contributed by atoms with van der Waals surface area (Å²) in [5.74, 6) is 6.67. The first-order valence-corrected chi connectivity index (χ1v) is 6.41. The summed E-state index contributed by atoms with van der Waals surface area (Å²) in [6.45, 7) is 6.44. The van der Waals surface area contributed by atoms with Gasteiger partial charge in [-0.3, -0.25) is 0 Å². The smallest absolute Gasteiger partial charge is 0.149 e. The van der Waals surface area contributed by atoms with Crippen LogP contribution >= 0.6 is 0 Å². The standard InChI is InChI=1S/C18H18O/c1-4-5-12-19-18-11-10-15-8-6-7-9-16(15)17(18)13-14(2)3/h6-11,13H,12H2,1-3H3. The summed E-state index contributed by atoms with van der Waals surface area (Å²) in [5.41, 5.74) is 2.39. The summed E-state index contributed by atoms with van der Waals surface area (Å²) < 4.78 is 5.77. The van der Waals surface area contributed by atoms with E-state index in [2.05, 4.69) is 62.1 Å². The summed E-state index contributed by atoms with van der Waals surface area (Å²) in [6, 6.07) is 12.5. The lowest BCUT2D eigenvalue weighted by Crippen LogP contribution is -1.96. The second kappa shape index (κ2) is 6.11. The first kappa shape index (κ1) is 13.2. The largest absolute Gasteiger partial charge is 0.480 e. The van der Waals surface area contributed by atoms with Gasteiger partial charge in [-0.05, 0) is 37.6 Å². The predicted molar refractivity (Wildman–Crippen MR) is 82.2 cm³/mol. The van der Waals surface area contributed by atoms with Crippen molar-refractivity contribution >= 4 is 16.8 Å². The molecule has 1 heteroatoms. The normalized spacial score (nSPS) is 9.63. The number of benzene rings is 2. The topological polar surface area (TPSA) is 9.23 Å². The number of fused-ring (bicyclic) bond motifs is 1. The van der Waals surface area contributed by atoms with Gasteiger partial charge < -0.3 is 4.74 Å². The molecule has 0 spiro atoms. The molecule has 0 aliphatic heterocycles. The third-order valence-corrected chi connectivity index (χ3v) is 2.84. The van der Waals surface area contributed by atoms with E-state index in [1.54, 1.807) is 0 Å². The van der Waals surface area contributed by atoms with Crippen LogP contribution in [0, 0.1) is 11.8 Å². The number of rotatable bonds is 3.